The largest absolute Gasteiger partial charge is 0.350 e. The molecule has 0 saturated heterocycles. The minimum atomic E-state index is -0.113. The highest BCUT2D eigenvalue weighted by Crippen LogP contribution is 2.05. The van der Waals surface area contributed by atoms with E-state index in [9.17, 15) is 4.79 Å². The van der Waals surface area contributed by atoms with E-state index in [2.05, 4.69) is 12.2 Å². The van der Waals surface area contributed by atoms with Crippen molar-refractivity contribution in [3.63, 3.8) is 0 Å². The highest BCUT2D eigenvalue weighted by Gasteiger charge is 2.09. The predicted molar refractivity (Wildman–Crippen MR) is 63.0 cm³/mol. The maximum atomic E-state index is 11.8. The second kappa shape index (κ2) is 5.92. The van der Waals surface area contributed by atoms with Gasteiger partial charge in [0, 0.05) is 11.6 Å². The zero-order valence-electron chi connectivity index (χ0n) is 9.66. The van der Waals surface area contributed by atoms with Crippen LogP contribution in [0, 0.1) is 11.3 Å². The van der Waals surface area contributed by atoms with Crippen LogP contribution < -0.4 is 5.32 Å². The molecule has 1 aromatic carbocycles. The summed E-state index contributed by atoms with van der Waals surface area (Å²) in [5.74, 6) is -0.113. The van der Waals surface area contributed by atoms with E-state index in [0.717, 1.165) is 12.8 Å². The highest BCUT2D eigenvalue weighted by molar-refractivity contribution is 5.94. The number of nitrogens with one attached hydrogen (secondary N) is 1. The van der Waals surface area contributed by atoms with Crippen LogP contribution >= 0.6 is 0 Å². The number of nitriles is 1. The lowest BCUT2D eigenvalue weighted by Gasteiger charge is -2.12. The second-order valence-corrected chi connectivity index (χ2v) is 3.86. The van der Waals surface area contributed by atoms with E-state index in [1.54, 1.807) is 24.3 Å². The average Bonchev–Trinajstić information content (AvgIpc) is 2.29. The standard InChI is InChI=1S/C13H16N2O/c1-3-5-10(2)15-13(16)12-7-4-6-11(8-12)9-14/h4,6-8,10H,3,5H2,1-2H3,(H,15,16)/t10-/m1/s1. The maximum absolute atomic E-state index is 11.8. The second-order valence-electron chi connectivity index (χ2n) is 3.86. The molecule has 16 heavy (non-hydrogen) atoms. The maximum Gasteiger partial charge on any atom is 0.251 e. The number of hydrogen-bond donors (Lipinski definition) is 1. The van der Waals surface area contributed by atoms with Crippen molar-refractivity contribution in [2.45, 2.75) is 32.7 Å². The van der Waals surface area contributed by atoms with E-state index in [1.165, 1.54) is 0 Å². The molecular formula is C13H16N2O. The number of hydrogen-bond acceptors (Lipinski definition) is 2. The van der Waals surface area contributed by atoms with Gasteiger partial charge in [0.2, 0.25) is 0 Å². The molecule has 0 fully saturated rings. The van der Waals surface area contributed by atoms with Crippen LogP contribution in [-0.4, -0.2) is 11.9 Å². The van der Waals surface area contributed by atoms with Gasteiger partial charge in [-0.25, -0.2) is 0 Å². The Morgan fingerprint density at radius 2 is 2.31 bits per heavy atom. The van der Waals surface area contributed by atoms with Crippen molar-refractivity contribution in [1.29, 1.82) is 5.26 Å². The summed E-state index contributed by atoms with van der Waals surface area (Å²) in [6, 6.07) is 8.92. The summed E-state index contributed by atoms with van der Waals surface area (Å²) in [5, 5.41) is 11.6. The third-order valence-electron chi connectivity index (χ3n) is 2.35. The van der Waals surface area contributed by atoms with Gasteiger partial charge >= 0.3 is 0 Å². The van der Waals surface area contributed by atoms with Gasteiger partial charge < -0.3 is 5.32 Å². The molecule has 0 heterocycles. The molecule has 1 amide bonds. The summed E-state index contributed by atoms with van der Waals surface area (Å²) >= 11 is 0. The Hall–Kier alpha value is -1.82. The van der Waals surface area contributed by atoms with Crippen LogP contribution in [0.4, 0.5) is 0 Å². The van der Waals surface area contributed by atoms with Crippen molar-refractivity contribution < 1.29 is 4.79 Å². The number of benzene rings is 1. The van der Waals surface area contributed by atoms with Crippen molar-refractivity contribution in [3.8, 4) is 6.07 Å². The molecule has 1 rings (SSSR count). The molecule has 1 atom stereocenters. The monoisotopic (exact) mass is 216 g/mol. The van der Waals surface area contributed by atoms with Gasteiger partial charge in [0.05, 0.1) is 11.6 Å². The molecule has 84 valence electrons. The molecule has 1 N–H and O–H groups in total. The van der Waals surface area contributed by atoms with Crippen LogP contribution in [0.5, 0.6) is 0 Å². The normalized spacial score (nSPS) is 11.6. The van der Waals surface area contributed by atoms with Crippen molar-refractivity contribution in [2.24, 2.45) is 0 Å². The van der Waals surface area contributed by atoms with Crippen molar-refractivity contribution in [1.82, 2.24) is 5.32 Å². The fourth-order valence-electron chi connectivity index (χ4n) is 1.54. The summed E-state index contributed by atoms with van der Waals surface area (Å²) in [4.78, 5) is 11.8. The van der Waals surface area contributed by atoms with E-state index in [4.69, 9.17) is 5.26 Å². The van der Waals surface area contributed by atoms with Crippen LogP contribution in [0.1, 0.15) is 42.6 Å². The minimum Gasteiger partial charge on any atom is -0.350 e. The summed E-state index contributed by atoms with van der Waals surface area (Å²) in [5.41, 5.74) is 1.05. The van der Waals surface area contributed by atoms with Gasteiger partial charge in [-0.1, -0.05) is 19.4 Å². The average molecular weight is 216 g/mol. The van der Waals surface area contributed by atoms with Gasteiger partial charge in [-0.3, -0.25) is 4.79 Å². The van der Waals surface area contributed by atoms with E-state index in [-0.39, 0.29) is 11.9 Å². The van der Waals surface area contributed by atoms with Gasteiger partial charge in [-0.15, -0.1) is 0 Å². The molecular weight excluding hydrogens is 200 g/mol. The molecule has 0 aromatic heterocycles. The first kappa shape index (κ1) is 12.3. The van der Waals surface area contributed by atoms with Crippen LogP contribution in [-0.2, 0) is 0 Å². The summed E-state index contributed by atoms with van der Waals surface area (Å²) in [7, 11) is 0. The molecule has 1 aromatic rings. The lowest BCUT2D eigenvalue weighted by atomic mass is 10.1. The van der Waals surface area contributed by atoms with Gasteiger partial charge in [-0.05, 0) is 31.5 Å². The third-order valence-corrected chi connectivity index (χ3v) is 2.35. The quantitative estimate of drug-likeness (QED) is 0.840. The summed E-state index contributed by atoms with van der Waals surface area (Å²) < 4.78 is 0. The summed E-state index contributed by atoms with van der Waals surface area (Å²) in [6.45, 7) is 4.06. The topological polar surface area (TPSA) is 52.9 Å². The van der Waals surface area contributed by atoms with Crippen molar-refractivity contribution in [3.05, 3.63) is 35.4 Å². The number of rotatable bonds is 4. The first-order chi connectivity index (χ1) is 7.67. The van der Waals surface area contributed by atoms with Crippen LogP contribution in [0.25, 0.3) is 0 Å². The SMILES string of the molecule is CCC[C@@H](C)NC(=O)c1cccc(C#N)c1. The van der Waals surface area contributed by atoms with Gasteiger partial charge in [0.25, 0.3) is 5.91 Å². The Kier molecular flexibility index (Phi) is 4.53. The number of carbonyl (C=O) groups is 1. The molecule has 3 heteroatoms. The van der Waals surface area contributed by atoms with Crippen LogP contribution in [0.15, 0.2) is 24.3 Å². The molecule has 0 saturated carbocycles. The Morgan fingerprint density at radius 3 is 2.94 bits per heavy atom. The lowest BCUT2D eigenvalue weighted by molar-refractivity contribution is 0.0938. The summed E-state index contributed by atoms with van der Waals surface area (Å²) in [6.07, 6.45) is 2.00. The zero-order valence-corrected chi connectivity index (χ0v) is 9.66. The van der Waals surface area contributed by atoms with E-state index < -0.39 is 0 Å². The predicted octanol–water partition coefficient (Wildman–Crippen LogP) is 2.48. The smallest absolute Gasteiger partial charge is 0.251 e. The Labute approximate surface area is 96.1 Å². The van der Waals surface area contributed by atoms with Crippen LogP contribution in [0.2, 0.25) is 0 Å². The van der Waals surface area contributed by atoms with Crippen molar-refractivity contribution in [2.75, 3.05) is 0 Å². The molecule has 0 unspecified atom stereocenters. The van der Waals surface area contributed by atoms with E-state index in [0.29, 0.717) is 11.1 Å². The van der Waals surface area contributed by atoms with Gasteiger partial charge in [-0.2, -0.15) is 5.26 Å². The molecule has 0 bridgehead atoms. The lowest BCUT2D eigenvalue weighted by Crippen LogP contribution is -2.32. The van der Waals surface area contributed by atoms with E-state index >= 15 is 0 Å². The zero-order chi connectivity index (χ0) is 12.0. The molecule has 0 aliphatic carbocycles. The molecule has 3 nitrogen and oxygen atoms in total. The minimum absolute atomic E-state index is 0.113. The first-order valence-electron chi connectivity index (χ1n) is 5.48. The molecule has 0 radical (unpaired) electrons. The van der Waals surface area contributed by atoms with Crippen molar-refractivity contribution >= 4 is 5.91 Å². The van der Waals surface area contributed by atoms with Gasteiger partial charge in [0.1, 0.15) is 0 Å². The molecule has 0 aliphatic heterocycles. The Morgan fingerprint density at radius 1 is 1.56 bits per heavy atom. The van der Waals surface area contributed by atoms with E-state index in [1.807, 2.05) is 13.0 Å². The fraction of sp³-hybridized carbons (Fsp3) is 0.385. The Balaban J connectivity index is 2.70. The highest BCUT2D eigenvalue weighted by atomic mass is 16.1. The third kappa shape index (κ3) is 3.39. The number of nitrogens with zero attached hydrogens (tertiary/aromatic N) is 1. The molecule has 0 aliphatic rings. The number of amides is 1. The fourth-order valence-corrected chi connectivity index (χ4v) is 1.54. The molecule has 0 spiro atoms. The Bertz CT molecular complexity index is 407. The number of carbonyl (C=O) groups excluding carboxylic acids is 1. The van der Waals surface area contributed by atoms with Gasteiger partial charge in [0.15, 0.2) is 0 Å². The first-order valence-corrected chi connectivity index (χ1v) is 5.48. The van der Waals surface area contributed by atoms with Crippen LogP contribution in [0.3, 0.4) is 0 Å².